The van der Waals surface area contributed by atoms with Gasteiger partial charge in [-0.1, -0.05) is 23.7 Å². The molecule has 0 aliphatic heterocycles. The molecule has 0 aliphatic rings. The number of hydrogen-bond donors (Lipinski definition) is 1. The van der Waals surface area contributed by atoms with Crippen LogP contribution in [0.4, 0.5) is 0 Å². The normalized spacial score (nSPS) is 10.8. The van der Waals surface area contributed by atoms with E-state index < -0.39 is 0 Å². The third-order valence-corrected chi connectivity index (χ3v) is 3.61. The van der Waals surface area contributed by atoms with Crippen LogP contribution in [0.2, 0.25) is 5.02 Å². The van der Waals surface area contributed by atoms with Gasteiger partial charge in [0.15, 0.2) is 0 Å². The van der Waals surface area contributed by atoms with Gasteiger partial charge in [-0.15, -0.1) is 0 Å². The maximum atomic E-state index is 5.96. The Morgan fingerprint density at radius 1 is 1.05 bits per heavy atom. The number of benzene rings is 1. The molecule has 0 saturated heterocycles. The summed E-state index contributed by atoms with van der Waals surface area (Å²) < 4.78 is 0. The minimum Gasteiger partial charge on any atom is -0.282 e. The van der Waals surface area contributed by atoms with E-state index in [0.29, 0.717) is 0 Å². The molecule has 3 nitrogen and oxygen atoms in total. The monoisotopic (exact) mass is 283 g/mol. The third kappa shape index (κ3) is 2.21. The van der Waals surface area contributed by atoms with Gasteiger partial charge in [0, 0.05) is 34.2 Å². The van der Waals surface area contributed by atoms with Crippen molar-refractivity contribution in [3.05, 3.63) is 59.0 Å². The lowest BCUT2D eigenvalue weighted by Gasteiger charge is -2.07. The van der Waals surface area contributed by atoms with E-state index >= 15 is 0 Å². The van der Waals surface area contributed by atoms with Gasteiger partial charge in [0.05, 0.1) is 0 Å². The first-order chi connectivity index (χ1) is 9.66. The molecule has 0 bridgehead atoms. The second-order valence-electron chi connectivity index (χ2n) is 4.77. The Labute approximate surface area is 122 Å². The highest BCUT2D eigenvalue weighted by molar-refractivity contribution is 6.30. The van der Waals surface area contributed by atoms with Crippen LogP contribution in [0, 0.1) is 13.8 Å². The standard InChI is InChI=1S/C16H14ClN3/c1-10-9-18-8-7-14(10)16-15(11(2)19-20-16)12-3-5-13(17)6-4-12/h3-9H,1-2H3,(H,19,20). The summed E-state index contributed by atoms with van der Waals surface area (Å²) in [4.78, 5) is 4.14. The zero-order valence-electron chi connectivity index (χ0n) is 11.3. The third-order valence-electron chi connectivity index (χ3n) is 3.36. The lowest BCUT2D eigenvalue weighted by molar-refractivity contribution is 1.05. The zero-order chi connectivity index (χ0) is 14.1. The first-order valence-corrected chi connectivity index (χ1v) is 6.76. The fourth-order valence-corrected chi connectivity index (χ4v) is 2.46. The summed E-state index contributed by atoms with van der Waals surface area (Å²) in [7, 11) is 0. The first-order valence-electron chi connectivity index (χ1n) is 6.38. The number of H-pyrrole nitrogens is 1. The SMILES string of the molecule is Cc1cnccc1-c1n[nH]c(C)c1-c1ccc(Cl)cc1. The molecule has 0 radical (unpaired) electrons. The van der Waals surface area contributed by atoms with Crippen molar-refractivity contribution in [3.8, 4) is 22.4 Å². The van der Waals surface area contributed by atoms with Gasteiger partial charge < -0.3 is 0 Å². The number of nitrogens with one attached hydrogen (secondary N) is 1. The van der Waals surface area contributed by atoms with Crippen LogP contribution in [-0.4, -0.2) is 15.2 Å². The second kappa shape index (κ2) is 5.10. The van der Waals surface area contributed by atoms with Crippen molar-refractivity contribution in [2.24, 2.45) is 0 Å². The largest absolute Gasteiger partial charge is 0.282 e. The summed E-state index contributed by atoms with van der Waals surface area (Å²) in [5.41, 5.74) is 6.40. The number of pyridine rings is 1. The second-order valence-corrected chi connectivity index (χ2v) is 5.21. The highest BCUT2D eigenvalue weighted by Crippen LogP contribution is 2.34. The predicted octanol–water partition coefficient (Wildman–Crippen LogP) is 4.41. The summed E-state index contributed by atoms with van der Waals surface area (Å²) in [6.07, 6.45) is 3.64. The van der Waals surface area contributed by atoms with Crippen LogP contribution in [-0.2, 0) is 0 Å². The molecule has 2 aromatic heterocycles. The van der Waals surface area contributed by atoms with E-state index in [-0.39, 0.29) is 0 Å². The van der Waals surface area contributed by atoms with Crippen molar-refractivity contribution < 1.29 is 0 Å². The first kappa shape index (κ1) is 12.9. The van der Waals surface area contributed by atoms with Crippen LogP contribution in [0.3, 0.4) is 0 Å². The molecule has 1 aromatic carbocycles. The summed E-state index contributed by atoms with van der Waals surface area (Å²) in [6, 6.07) is 9.81. The quantitative estimate of drug-likeness (QED) is 0.757. The molecule has 4 heteroatoms. The van der Waals surface area contributed by atoms with Crippen LogP contribution >= 0.6 is 11.6 Å². The Bertz CT molecular complexity index is 745. The molecule has 3 aromatic rings. The maximum absolute atomic E-state index is 5.96. The van der Waals surface area contributed by atoms with Crippen molar-refractivity contribution >= 4 is 11.6 Å². The topological polar surface area (TPSA) is 41.6 Å². The van der Waals surface area contributed by atoms with Gasteiger partial charge in [-0.25, -0.2) is 0 Å². The average Bonchev–Trinajstić information content (AvgIpc) is 2.82. The number of aromatic amines is 1. The van der Waals surface area contributed by atoms with E-state index in [1.165, 1.54) is 0 Å². The van der Waals surface area contributed by atoms with E-state index in [4.69, 9.17) is 11.6 Å². The van der Waals surface area contributed by atoms with Crippen LogP contribution in [0.1, 0.15) is 11.3 Å². The van der Waals surface area contributed by atoms with E-state index in [2.05, 4.69) is 15.2 Å². The zero-order valence-corrected chi connectivity index (χ0v) is 12.1. The molecule has 0 atom stereocenters. The smallest absolute Gasteiger partial charge is 0.101 e. The fourth-order valence-electron chi connectivity index (χ4n) is 2.33. The molecular formula is C16H14ClN3. The number of halogens is 1. The van der Waals surface area contributed by atoms with Crippen LogP contribution in [0.15, 0.2) is 42.7 Å². The Morgan fingerprint density at radius 2 is 1.80 bits per heavy atom. The van der Waals surface area contributed by atoms with Gasteiger partial charge in [0.2, 0.25) is 0 Å². The lowest BCUT2D eigenvalue weighted by Crippen LogP contribution is -1.88. The molecular weight excluding hydrogens is 270 g/mol. The number of aromatic nitrogens is 3. The van der Waals surface area contributed by atoms with Gasteiger partial charge in [-0.2, -0.15) is 5.10 Å². The minimum absolute atomic E-state index is 0.733. The molecule has 0 saturated carbocycles. The summed E-state index contributed by atoms with van der Waals surface area (Å²) in [5, 5.41) is 8.27. The van der Waals surface area contributed by atoms with Gasteiger partial charge >= 0.3 is 0 Å². The van der Waals surface area contributed by atoms with Crippen molar-refractivity contribution in [2.75, 3.05) is 0 Å². The average molecular weight is 284 g/mol. The number of aryl methyl sites for hydroxylation is 2. The number of rotatable bonds is 2. The summed E-state index contributed by atoms with van der Waals surface area (Å²) >= 11 is 5.96. The van der Waals surface area contributed by atoms with Gasteiger partial charge in [-0.3, -0.25) is 10.1 Å². The molecule has 0 aliphatic carbocycles. The van der Waals surface area contributed by atoms with E-state index in [1.54, 1.807) is 6.20 Å². The Balaban J connectivity index is 2.20. The molecule has 0 amide bonds. The van der Waals surface area contributed by atoms with Gasteiger partial charge in [-0.05, 0) is 43.2 Å². The molecule has 0 unspecified atom stereocenters. The van der Waals surface area contributed by atoms with Crippen molar-refractivity contribution in [1.82, 2.24) is 15.2 Å². The van der Waals surface area contributed by atoms with Crippen LogP contribution in [0.5, 0.6) is 0 Å². The summed E-state index contributed by atoms with van der Waals surface area (Å²) in [5.74, 6) is 0. The van der Waals surface area contributed by atoms with Crippen LogP contribution in [0.25, 0.3) is 22.4 Å². The van der Waals surface area contributed by atoms with Crippen molar-refractivity contribution in [2.45, 2.75) is 13.8 Å². The Hall–Kier alpha value is -2.13. The fraction of sp³-hybridized carbons (Fsp3) is 0.125. The Kier molecular flexibility index (Phi) is 3.28. The van der Waals surface area contributed by atoms with Crippen LogP contribution < -0.4 is 0 Å². The molecule has 1 N–H and O–H groups in total. The molecule has 0 fully saturated rings. The highest BCUT2D eigenvalue weighted by atomic mass is 35.5. The lowest BCUT2D eigenvalue weighted by atomic mass is 9.98. The molecule has 100 valence electrons. The summed E-state index contributed by atoms with van der Waals surface area (Å²) in [6.45, 7) is 4.06. The number of hydrogen-bond acceptors (Lipinski definition) is 2. The van der Waals surface area contributed by atoms with E-state index in [9.17, 15) is 0 Å². The van der Waals surface area contributed by atoms with Crippen molar-refractivity contribution in [1.29, 1.82) is 0 Å². The predicted molar refractivity (Wildman–Crippen MR) is 81.7 cm³/mol. The Morgan fingerprint density at radius 3 is 2.50 bits per heavy atom. The van der Waals surface area contributed by atoms with E-state index in [0.717, 1.165) is 38.7 Å². The minimum atomic E-state index is 0.733. The molecule has 0 spiro atoms. The van der Waals surface area contributed by atoms with Gasteiger partial charge in [0.1, 0.15) is 5.69 Å². The molecule has 20 heavy (non-hydrogen) atoms. The van der Waals surface area contributed by atoms with E-state index in [1.807, 2.05) is 50.4 Å². The highest BCUT2D eigenvalue weighted by Gasteiger charge is 2.15. The number of nitrogens with zero attached hydrogens (tertiary/aromatic N) is 2. The van der Waals surface area contributed by atoms with Crippen molar-refractivity contribution in [3.63, 3.8) is 0 Å². The van der Waals surface area contributed by atoms with Gasteiger partial charge in [0.25, 0.3) is 0 Å². The molecule has 2 heterocycles. The molecule has 3 rings (SSSR count). The maximum Gasteiger partial charge on any atom is 0.101 e.